The number of hydrogen-bond acceptors (Lipinski definition) is 5. The van der Waals surface area contributed by atoms with Crippen LogP contribution in [0, 0.1) is 12.8 Å². The molecule has 1 aliphatic rings. The Morgan fingerprint density at radius 3 is 2.50 bits per heavy atom. The van der Waals surface area contributed by atoms with Crippen molar-refractivity contribution < 1.29 is 14.3 Å². The van der Waals surface area contributed by atoms with Crippen LogP contribution < -0.4 is 5.32 Å². The summed E-state index contributed by atoms with van der Waals surface area (Å²) in [5.41, 5.74) is 0.411. The van der Waals surface area contributed by atoms with Gasteiger partial charge in [-0.2, -0.15) is 0 Å². The molecule has 0 aliphatic carbocycles. The van der Waals surface area contributed by atoms with Crippen LogP contribution in [0.25, 0.3) is 0 Å². The van der Waals surface area contributed by atoms with Crippen molar-refractivity contribution in [3.63, 3.8) is 0 Å². The highest BCUT2D eigenvalue weighted by molar-refractivity contribution is 7.13. The minimum atomic E-state index is -0.492. The Morgan fingerprint density at radius 2 is 2.00 bits per heavy atom. The lowest BCUT2D eigenvalue weighted by Crippen LogP contribution is -2.43. The van der Waals surface area contributed by atoms with Crippen LogP contribution in [0.2, 0.25) is 0 Å². The summed E-state index contributed by atoms with van der Waals surface area (Å²) in [6, 6.07) is 0. The Hall–Kier alpha value is -1.63. The van der Waals surface area contributed by atoms with Gasteiger partial charge in [0.1, 0.15) is 5.60 Å². The fourth-order valence-corrected chi connectivity index (χ4v) is 2.96. The molecule has 0 unspecified atom stereocenters. The van der Waals surface area contributed by atoms with Crippen LogP contribution in [0.4, 0.5) is 9.93 Å². The van der Waals surface area contributed by atoms with Crippen molar-refractivity contribution in [2.24, 2.45) is 5.92 Å². The van der Waals surface area contributed by atoms with Crippen LogP contribution in [0.5, 0.6) is 0 Å². The van der Waals surface area contributed by atoms with E-state index >= 15 is 0 Å². The molecule has 1 N–H and O–H groups in total. The second kappa shape index (κ2) is 6.64. The molecule has 1 aliphatic heterocycles. The molecule has 0 atom stereocenters. The van der Waals surface area contributed by atoms with Gasteiger partial charge in [0.15, 0.2) is 5.13 Å². The Kier molecular flexibility index (Phi) is 5.05. The van der Waals surface area contributed by atoms with Gasteiger partial charge in [-0.3, -0.25) is 4.79 Å². The second-order valence-electron chi connectivity index (χ2n) is 6.52. The highest BCUT2D eigenvalue weighted by Crippen LogP contribution is 2.22. The summed E-state index contributed by atoms with van der Waals surface area (Å²) in [6.07, 6.45) is 0.993. The molecular weight excluding hydrogens is 302 g/mol. The Balaban J connectivity index is 1.81. The number of aromatic nitrogens is 1. The second-order valence-corrected chi connectivity index (χ2v) is 7.38. The zero-order valence-corrected chi connectivity index (χ0v) is 14.3. The van der Waals surface area contributed by atoms with Gasteiger partial charge in [0.2, 0.25) is 5.91 Å². The van der Waals surface area contributed by atoms with Crippen molar-refractivity contribution in [1.82, 2.24) is 9.88 Å². The van der Waals surface area contributed by atoms with E-state index in [4.69, 9.17) is 4.74 Å². The predicted molar refractivity (Wildman–Crippen MR) is 86.0 cm³/mol. The molecule has 0 bridgehead atoms. The average Bonchev–Trinajstić information content (AvgIpc) is 2.82. The number of anilines is 1. The first-order valence-electron chi connectivity index (χ1n) is 7.45. The molecule has 2 rings (SSSR count). The normalized spacial score (nSPS) is 16.5. The minimum Gasteiger partial charge on any atom is -0.444 e. The number of amides is 2. The van der Waals surface area contributed by atoms with Crippen molar-refractivity contribution in [3.05, 3.63) is 11.1 Å². The van der Waals surface area contributed by atoms with Crippen molar-refractivity contribution in [1.29, 1.82) is 0 Å². The fourth-order valence-electron chi connectivity index (χ4n) is 2.27. The van der Waals surface area contributed by atoms with E-state index in [9.17, 15) is 9.59 Å². The lowest BCUT2D eigenvalue weighted by molar-refractivity contribution is -0.121. The molecule has 0 aromatic carbocycles. The van der Waals surface area contributed by atoms with Crippen molar-refractivity contribution >= 4 is 28.5 Å². The fraction of sp³-hybridized carbons (Fsp3) is 0.667. The van der Waals surface area contributed by atoms with Crippen molar-refractivity contribution in [3.8, 4) is 0 Å². The largest absolute Gasteiger partial charge is 0.444 e. The van der Waals surface area contributed by atoms with Gasteiger partial charge in [-0.15, -0.1) is 11.3 Å². The van der Waals surface area contributed by atoms with Gasteiger partial charge < -0.3 is 15.0 Å². The Labute approximate surface area is 134 Å². The third-order valence-corrected chi connectivity index (χ3v) is 4.24. The molecule has 1 aromatic rings. The summed E-state index contributed by atoms with van der Waals surface area (Å²) in [6.45, 7) is 8.53. The van der Waals surface area contributed by atoms with Crippen LogP contribution in [0.3, 0.4) is 0 Å². The molecule has 1 fully saturated rings. The quantitative estimate of drug-likeness (QED) is 0.907. The molecule has 7 heteroatoms. The van der Waals surface area contributed by atoms with Crippen LogP contribution in [0.1, 0.15) is 39.3 Å². The summed E-state index contributed by atoms with van der Waals surface area (Å²) < 4.78 is 5.35. The summed E-state index contributed by atoms with van der Waals surface area (Å²) in [5.74, 6) is -0.0962. The Bertz CT molecular complexity index is 542. The number of hydrogen-bond donors (Lipinski definition) is 1. The first-order chi connectivity index (χ1) is 10.2. The van der Waals surface area contributed by atoms with E-state index in [0.29, 0.717) is 31.1 Å². The molecule has 0 saturated carbocycles. The zero-order chi connectivity index (χ0) is 16.3. The summed E-state index contributed by atoms with van der Waals surface area (Å²) in [4.78, 5) is 30.1. The molecule has 6 nitrogen and oxygen atoms in total. The van der Waals surface area contributed by atoms with E-state index in [1.807, 2.05) is 33.1 Å². The third kappa shape index (κ3) is 4.69. The number of carbonyl (C=O) groups is 2. The summed E-state index contributed by atoms with van der Waals surface area (Å²) in [7, 11) is 0. The molecule has 122 valence electrons. The predicted octanol–water partition coefficient (Wildman–Crippen LogP) is 3.04. The summed E-state index contributed by atoms with van der Waals surface area (Å²) in [5, 5.41) is 5.39. The highest BCUT2D eigenvalue weighted by atomic mass is 32.1. The lowest BCUT2D eigenvalue weighted by atomic mass is 9.96. The van der Waals surface area contributed by atoms with Gasteiger partial charge in [0.05, 0.1) is 5.69 Å². The maximum atomic E-state index is 12.2. The van der Waals surface area contributed by atoms with Crippen molar-refractivity contribution in [2.45, 2.75) is 46.1 Å². The van der Waals surface area contributed by atoms with Crippen LogP contribution >= 0.6 is 11.3 Å². The smallest absolute Gasteiger partial charge is 0.410 e. The number of rotatable bonds is 2. The maximum Gasteiger partial charge on any atom is 0.410 e. The monoisotopic (exact) mass is 325 g/mol. The molecule has 2 heterocycles. The molecular formula is C15H23N3O3S. The van der Waals surface area contributed by atoms with E-state index < -0.39 is 5.60 Å². The number of nitrogens with zero attached hydrogens (tertiary/aromatic N) is 2. The van der Waals surface area contributed by atoms with Gasteiger partial charge >= 0.3 is 6.09 Å². The van der Waals surface area contributed by atoms with Crippen molar-refractivity contribution in [2.75, 3.05) is 18.4 Å². The van der Waals surface area contributed by atoms with Crippen LogP contribution in [-0.4, -0.2) is 40.6 Å². The lowest BCUT2D eigenvalue weighted by Gasteiger charge is -2.32. The average molecular weight is 325 g/mol. The van der Waals surface area contributed by atoms with E-state index in [2.05, 4.69) is 10.3 Å². The minimum absolute atomic E-state index is 0.0156. The topological polar surface area (TPSA) is 71.5 Å². The highest BCUT2D eigenvalue weighted by Gasteiger charge is 2.30. The molecule has 1 aromatic heterocycles. The number of ether oxygens (including phenoxy) is 1. The number of nitrogens with one attached hydrogen (secondary N) is 1. The SMILES string of the molecule is Cc1csc(NC(=O)C2CCN(C(=O)OC(C)(C)C)CC2)n1. The van der Waals surface area contributed by atoms with Crippen LogP contribution in [-0.2, 0) is 9.53 Å². The Morgan fingerprint density at radius 1 is 1.36 bits per heavy atom. The molecule has 22 heavy (non-hydrogen) atoms. The number of thiazole rings is 1. The molecule has 1 saturated heterocycles. The van der Waals surface area contributed by atoms with E-state index in [1.54, 1.807) is 4.90 Å². The number of aryl methyl sites for hydroxylation is 1. The van der Waals surface area contributed by atoms with Gasteiger partial charge in [0, 0.05) is 24.4 Å². The number of likely N-dealkylation sites (tertiary alicyclic amines) is 1. The van der Waals surface area contributed by atoms with E-state index in [1.165, 1.54) is 11.3 Å². The summed E-state index contributed by atoms with van der Waals surface area (Å²) >= 11 is 1.43. The van der Waals surface area contributed by atoms with E-state index in [0.717, 1.165) is 5.69 Å². The van der Waals surface area contributed by atoms with Gasteiger partial charge in [0.25, 0.3) is 0 Å². The van der Waals surface area contributed by atoms with Gasteiger partial charge in [-0.1, -0.05) is 0 Å². The molecule has 0 spiro atoms. The standard InChI is InChI=1S/C15H23N3O3S/c1-10-9-22-13(16-10)17-12(19)11-5-7-18(8-6-11)14(20)21-15(2,3)4/h9,11H,5-8H2,1-4H3,(H,16,17,19). The first-order valence-corrected chi connectivity index (χ1v) is 8.33. The van der Waals surface area contributed by atoms with Gasteiger partial charge in [-0.05, 0) is 40.5 Å². The molecule has 0 radical (unpaired) electrons. The van der Waals surface area contributed by atoms with E-state index in [-0.39, 0.29) is 17.9 Å². The first kappa shape index (κ1) is 16.7. The van der Waals surface area contributed by atoms with Crippen LogP contribution in [0.15, 0.2) is 5.38 Å². The molecule has 2 amide bonds. The zero-order valence-electron chi connectivity index (χ0n) is 13.5. The number of carbonyl (C=O) groups excluding carboxylic acids is 2. The van der Waals surface area contributed by atoms with Gasteiger partial charge in [-0.25, -0.2) is 9.78 Å². The number of piperidine rings is 1. The maximum absolute atomic E-state index is 12.2. The third-order valence-electron chi connectivity index (χ3n) is 3.37.